The van der Waals surface area contributed by atoms with Crippen LogP contribution in [0.2, 0.25) is 0 Å². The first kappa shape index (κ1) is 9.68. The Kier molecular flexibility index (Phi) is 2.45. The van der Waals surface area contributed by atoms with Gasteiger partial charge in [-0.05, 0) is 44.4 Å². The molecule has 2 aliphatic carbocycles. The van der Waals surface area contributed by atoms with Crippen LogP contribution in [0.1, 0.15) is 51.4 Å². The van der Waals surface area contributed by atoms with Gasteiger partial charge in [0.15, 0.2) is 0 Å². The highest BCUT2D eigenvalue weighted by Gasteiger charge is 2.41. The van der Waals surface area contributed by atoms with Crippen molar-refractivity contribution >= 4 is 5.91 Å². The first-order valence-corrected chi connectivity index (χ1v) is 6.67. The van der Waals surface area contributed by atoms with Crippen LogP contribution in [0.25, 0.3) is 0 Å². The number of hydrogen-bond donors (Lipinski definition) is 0. The van der Waals surface area contributed by atoms with Crippen LogP contribution in [0.3, 0.4) is 0 Å². The summed E-state index contributed by atoms with van der Waals surface area (Å²) in [5.41, 5.74) is 0. The summed E-state index contributed by atoms with van der Waals surface area (Å²) >= 11 is 0. The van der Waals surface area contributed by atoms with E-state index in [0.717, 1.165) is 25.3 Å². The maximum absolute atomic E-state index is 12.3. The molecule has 0 N–H and O–H groups in total. The highest BCUT2D eigenvalue weighted by molar-refractivity contribution is 5.79. The lowest BCUT2D eigenvalue weighted by atomic mass is 10.0. The molecular formula is C13H21NO. The number of amides is 1. The van der Waals surface area contributed by atoms with E-state index in [0.29, 0.717) is 17.9 Å². The normalized spacial score (nSPS) is 32.5. The number of nitrogens with zero attached hydrogens (tertiary/aromatic N) is 1. The molecule has 0 spiro atoms. The second-order valence-electron chi connectivity index (χ2n) is 5.56. The van der Waals surface area contributed by atoms with Gasteiger partial charge in [-0.1, -0.05) is 12.8 Å². The molecule has 0 aromatic carbocycles. The van der Waals surface area contributed by atoms with Gasteiger partial charge in [-0.25, -0.2) is 0 Å². The highest BCUT2D eigenvalue weighted by Crippen LogP contribution is 2.41. The minimum atomic E-state index is 0.393. The van der Waals surface area contributed by atoms with Gasteiger partial charge in [-0.3, -0.25) is 4.79 Å². The van der Waals surface area contributed by atoms with Crippen molar-refractivity contribution in [2.75, 3.05) is 6.54 Å². The fraction of sp³-hybridized carbons (Fsp3) is 0.923. The lowest BCUT2D eigenvalue weighted by Gasteiger charge is -2.27. The van der Waals surface area contributed by atoms with Gasteiger partial charge in [0.2, 0.25) is 5.91 Å². The summed E-state index contributed by atoms with van der Waals surface area (Å²) in [6.07, 6.45) is 10.1. The van der Waals surface area contributed by atoms with E-state index in [9.17, 15) is 4.79 Å². The minimum absolute atomic E-state index is 0.393. The van der Waals surface area contributed by atoms with Gasteiger partial charge in [0.05, 0.1) is 0 Å². The summed E-state index contributed by atoms with van der Waals surface area (Å²) < 4.78 is 0. The fourth-order valence-corrected chi connectivity index (χ4v) is 3.44. The average molecular weight is 207 g/mol. The van der Waals surface area contributed by atoms with Crippen LogP contribution in [0.4, 0.5) is 0 Å². The van der Waals surface area contributed by atoms with Crippen molar-refractivity contribution in [3.05, 3.63) is 0 Å². The monoisotopic (exact) mass is 207 g/mol. The second kappa shape index (κ2) is 3.80. The van der Waals surface area contributed by atoms with E-state index in [-0.39, 0.29) is 0 Å². The lowest BCUT2D eigenvalue weighted by Crippen LogP contribution is -2.40. The molecule has 1 unspecified atom stereocenters. The number of hydrogen-bond acceptors (Lipinski definition) is 1. The third-order valence-corrected chi connectivity index (χ3v) is 4.45. The molecule has 0 radical (unpaired) electrons. The highest BCUT2D eigenvalue weighted by atomic mass is 16.2. The molecule has 0 aromatic heterocycles. The topological polar surface area (TPSA) is 20.3 Å². The van der Waals surface area contributed by atoms with Crippen molar-refractivity contribution in [2.24, 2.45) is 11.8 Å². The molecule has 1 atom stereocenters. The minimum Gasteiger partial charge on any atom is -0.339 e. The predicted molar refractivity (Wildman–Crippen MR) is 59.4 cm³/mol. The predicted octanol–water partition coefficient (Wildman–Crippen LogP) is 2.58. The third-order valence-electron chi connectivity index (χ3n) is 4.45. The number of rotatable bonds is 2. The molecule has 1 aliphatic heterocycles. The van der Waals surface area contributed by atoms with Gasteiger partial charge >= 0.3 is 0 Å². The fourth-order valence-electron chi connectivity index (χ4n) is 3.44. The Balaban J connectivity index is 1.66. The SMILES string of the molecule is O=C(C1CCCC1)N1CCCC1C1CC1. The van der Waals surface area contributed by atoms with Crippen LogP contribution in [0.15, 0.2) is 0 Å². The molecule has 0 bridgehead atoms. The van der Waals surface area contributed by atoms with Crippen LogP contribution >= 0.6 is 0 Å². The molecule has 84 valence electrons. The van der Waals surface area contributed by atoms with Crippen molar-refractivity contribution in [3.63, 3.8) is 0 Å². The molecule has 2 saturated carbocycles. The quantitative estimate of drug-likeness (QED) is 0.681. The summed E-state index contributed by atoms with van der Waals surface area (Å²) in [6, 6.07) is 0.637. The Morgan fingerprint density at radius 2 is 1.67 bits per heavy atom. The van der Waals surface area contributed by atoms with Gasteiger partial charge in [0, 0.05) is 18.5 Å². The Bertz CT molecular complexity index is 253. The maximum atomic E-state index is 12.3. The first-order valence-electron chi connectivity index (χ1n) is 6.67. The molecule has 0 aromatic rings. The van der Waals surface area contributed by atoms with E-state index in [2.05, 4.69) is 4.90 Å². The van der Waals surface area contributed by atoms with E-state index in [1.165, 1.54) is 38.5 Å². The molecule has 1 saturated heterocycles. The summed E-state index contributed by atoms with van der Waals surface area (Å²) in [5.74, 6) is 1.77. The van der Waals surface area contributed by atoms with Crippen LogP contribution < -0.4 is 0 Å². The van der Waals surface area contributed by atoms with E-state index < -0.39 is 0 Å². The largest absolute Gasteiger partial charge is 0.339 e. The standard InChI is InChI=1S/C13H21NO/c15-13(11-4-1-2-5-11)14-9-3-6-12(14)10-7-8-10/h10-12H,1-9H2. The van der Waals surface area contributed by atoms with Crippen molar-refractivity contribution in [3.8, 4) is 0 Å². The molecule has 2 heteroatoms. The third kappa shape index (κ3) is 1.79. The van der Waals surface area contributed by atoms with Gasteiger partial charge in [-0.15, -0.1) is 0 Å². The van der Waals surface area contributed by atoms with Crippen LogP contribution in [0, 0.1) is 11.8 Å². The number of carbonyl (C=O) groups excluding carboxylic acids is 1. The molecular weight excluding hydrogens is 186 g/mol. The van der Waals surface area contributed by atoms with E-state index in [4.69, 9.17) is 0 Å². The molecule has 1 amide bonds. The summed E-state index contributed by atoms with van der Waals surface area (Å²) in [6.45, 7) is 1.05. The van der Waals surface area contributed by atoms with Crippen molar-refractivity contribution in [1.82, 2.24) is 4.90 Å². The summed E-state index contributed by atoms with van der Waals surface area (Å²) in [4.78, 5) is 14.6. The van der Waals surface area contributed by atoms with Crippen molar-refractivity contribution in [1.29, 1.82) is 0 Å². The molecule has 15 heavy (non-hydrogen) atoms. The van der Waals surface area contributed by atoms with Gasteiger partial charge in [0.1, 0.15) is 0 Å². The zero-order chi connectivity index (χ0) is 10.3. The van der Waals surface area contributed by atoms with Crippen LogP contribution in [-0.2, 0) is 4.79 Å². The van der Waals surface area contributed by atoms with Gasteiger partial charge in [-0.2, -0.15) is 0 Å². The molecule has 1 heterocycles. The smallest absolute Gasteiger partial charge is 0.225 e. The van der Waals surface area contributed by atoms with E-state index in [1.54, 1.807) is 0 Å². The number of likely N-dealkylation sites (tertiary alicyclic amines) is 1. The van der Waals surface area contributed by atoms with Gasteiger partial charge < -0.3 is 4.90 Å². The zero-order valence-electron chi connectivity index (χ0n) is 9.45. The Morgan fingerprint density at radius 1 is 0.933 bits per heavy atom. The first-order chi connectivity index (χ1) is 7.36. The van der Waals surface area contributed by atoms with E-state index in [1.807, 2.05) is 0 Å². The lowest BCUT2D eigenvalue weighted by molar-refractivity contribution is -0.136. The molecule has 3 fully saturated rings. The average Bonchev–Trinajstić information content (AvgIpc) is 2.82. The zero-order valence-corrected chi connectivity index (χ0v) is 9.45. The van der Waals surface area contributed by atoms with Crippen LogP contribution in [0.5, 0.6) is 0 Å². The number of carbonyl (C=O) groups is 1. The summed E-state index contributed by atoms with van der Waals surface area (Å²) in [7, 11) is 0. The van der Waals surface area contributed by atoms with Crippen molar-refractivity contribution in [2.45, 2.75) is 57.4 Å². The second-order valence-corrected chi connectivity index (χ2v) is 5.56. The molecule has 2 nitrogen and oxygen atoms in total. The van der Waals surface area contributed by atoms with Crippen LogP contribution in [-0.4, -0.2) is 23.4 Å². The summed E-state index contributed by atoms with van der Waals surface area (Å²) in [5, 5.41) is 0. The van der Waals surface area contributed by atoms with Crippen molar-refractivity contribution < 1.29 is 4.79 Å². The van der Waals surface area contributed by atoms with Gasteiger partial charge in [0.25, 0.3) is 0 Å². The maximum Gasteiger partial charge on any atom is 0.225 e. The Labute approximate surface area is 92.0 Å². The molecule has 3 rings (SSSR count). The molecule has 3 aliphatic rings. The Morgan fingerprint density at radius 3 is 2.33 bits per heavy atom. The Hall–Kier alpha value is -0.530. The van der Waals surface area contributed by atoms with E-state index >= 15 is 0 Å².